The molecular formula is C24H29N5O5S. The van der Waals surface area contributed by atoms with Crippen LogP contribution in [0.25, 0.3) is 0 Å². The first-order chi connectivity index (χ1) is 16.9. The summed E-state index contributed by atoms with van der Waals surface area (Å²) in [5.74, 6) is 0.678. The molecule has 1 aliphatic rings. The van der Waals surface area contributed by atoms with E-state index in [1.54, 1.807) is 29.6 Å². The van der Waals surface area contributed by atoms with Crippen LogP contribution in [-0.2, 0) is 23.1 Å². The van der Waals surface area contributed by atoms with E-state index in [1.807, 2.05) is 35.0 Å². The molecule has 1 N–H and O–H groups in total. The van der Waals surface area contributed by atoms with Gasteiger partial charge in [-0.1, -0.05) is 24.3 Å². The van der Waals surface area contributed by atoms with Crippen LogP contribution >= 0.6 is 0 Å². The number of sulfonamides is 1. The standard InChI is InChI=1S/C24H29N5O5S/c1-33-21-6-7-22(34-2)23(15-21)35(31,32)29-12-10-28(11-13-29)24(30)26-16-19-4-3-5-20(14-19)17-27-9-8-25-18-27/h3-9,14-15,18H,10-13,16-17H2,1-2H3,(H,26,30). The van der Waals surface area contributed by atoms with Gasteiger partial charge in [0.15, 0.2) is 0 Å². The van der Waals surface area contributed by atoms with Crippen LogP contribution in [-0.4, -0.2) is 73.6 Å². The molecule has 1 aliphatic heterocycles. The summed E-state index contributed by atoms with van der Waals surface area (Å²) in [6, 6.07) is 12.4. The predicted molar refractivity (Wildman–Crippen MR) is 130 cm³/mol. The second-order valence-corrected chi connectivity index (χ2v) is 10.0. The Labute approximate surface area is 205 Å². The zero-order chi connectivity index (χ0) is 24.8. The van der Waals surface area contributed by atoms with E-state index >= 15 is 0 Å². The van der Waals surface area contributed by atoms with Gasteiger partial charge >= 0.3 is 6.03 Å². The number of hydrogen-bond acceptors (Lipinski definition) is 6. The summed E-state index contributed by atoms with van der Waals surface area (Å²) >= 11 is 0. The molecule has 0 bridgehead atoms. The van der Waals surface area contributed by atoms with Gasteiger partial charge in [-0.3, -0.25) is 0 Å². The monoisotopic (exact) mass is 499 g/mol. The normalized spacial score (nSPS) is 14.5. The van der Waals surface area contributed by atoms with Crippen LogP contribution in [0.3, 0.4) is 0 Å². The van der Waals surface area contributed by atoms with E-state index in [0.29, 0.717) is 18.8 Å². The smallest absolute Gasteiger partial charge is 0.317 e. The van der Waals surface area contributed by atoms with Crippen molar-refractivity contribution in [2.75, 3.05) is 40.4 Å². The molecule has 1 aromatic heterocycles. The Balaban J connectivity index is 1.33. The van der Waals surface area contributed by atoms with Gasteiger partial charge in [0.05, 0.1) is 20.5 Å². The molecule has 2 heterocycles. The molecule has 35 heavy (non-hydrogen) atoms. The Bertz CT molecular complexity index is 1260. The first-order valence-corrected chi connectivity index (χ1v) is 12.6. The Morgan fingerprint density at radius 3 is 2.49 bits per heavy atom. The SMILES string of the molecule is COc1ccc(OC)c(S(=O)(=O)N2CCN(C(=O)NCc3cccc(Cn4ccnc4)c3)CC2)c1. The molecule has 2 aromatic carbocycles. The third-order valence-electron chi connectivity index (χ3n) is 5.87. The van der Waals surface area contributed by atoms with Gasteiger partial charge in [0, 0.05) is 57.7 Å². The molecule has 4 rings (SSSR count). The third-order valence-corrected chi connectivity index (χ3v) is 7.79. The highest BCUT2D eigenvalue weighted by atomic mass is 32.2. The molecule has 0 spiro atoms. The summed E-state index contributed by atoms with van der Waals surface area (Å²) in [6.07, 6.45) is 5.40. The topological polar surface area (TPSA) is 106 Å². The summed E-state index contributed by atoms with van der Waals surface area (Å²) in [7, 11) is -0.900. The number of amides is 2. The van der Waals surface area contributed by atoms with Crippen molar-refractivity contribution in [3.63, 3.8) is 0 Å². The molecule has 0 unspecified atom stereocenters. The number of carbonyl (C=O) groups is 1. The van der Waals surface area contributed by atoms with E-state index in [4.69, 9.17) is 9.47 Å². The lowest BCUT2D eigenvalue weighted by molar-refractivity contribution is 0.172. The number of imidazole rings is 1. The van der Waals surface area contributed by atoms with Crippen molar-refractivity contribution in [1.82, 2.24) is 24.1 Å². The van der Waals surface area contributed by atoms with Crippen molar-refractivity contribution in [1.29, 1.82) is 0 Å². The van der Waals surface area contributed by atoms with Gasteiger partial charge < -0.3 is 24.3 Å². The van der Waals surface area contributed by atoms with Gasteiger partial charge in [0.1, 0.15) is 16.4 Å². The minimum Gasteiger partial charge on any atom is -0.497 e. The molecule has 11 heteroatoms. The zero-order valence-electron chi connectivity index (χ0n) is 19.8. The second-order valence-electron chi connectivity index (χ2n) is 8.12. The highest BCUT2D eigenvalue weighted by molar-refractivity contribution is 7.89. The fourth-order valence-corrected chi connectivity index (χ4v) is 5.57. The summed E-state index contributed by atoms with van der Waals surface area (Å²) in [6.45, 7) is 2.05. The quantitative estimate of drug-likeness (QED) is 0.509. The van der Waals surface area contributed by atoms with Crippen LogP contribution in [0.15, 0.2) is 66.1 Å². The number of piperazine rings is 1. The van der Waals surface area contributed by atoms with Crippen molar-refractivity contribution in [3.05, 3.63) is 72.3 Å². The zero-order valence-corrected chi connectivity index (χ0v) is 20.6. The van der Waals surface area contributed by atoms with Crippen LogP contribution in [0, 0.1) is 0 Å². The number of nitrogens with one attached hydrogen (secondary N) is 1. The number of rotatable bonds is 8. The fraction of sp³-hybridized carbons (Fsp3) is 0.333. The number of carbonyl (C=O) groups excluding carboxylic acids is 1. The molecule has 0 atom stereocenters. The molecule has 0 radical (unpaired) electrons. The maximum absolute atomic E-state index is 13.2. The van der Waals surface area contributed by atoms with E-state index in [2.05, 4.69) is 10.3 Å². The number of hydrogen-bond donors (Lipinski definition) is 1. The first-order valence-electron chi connectivity index (χ1n) is 11.2. The molecule has 186 valence electrons. The van der Waals surface area contributed by atoms with Crippen LogP contribution in [0.4, 0.5) is 4.79 Å². The van der Waals surface area contributed by atoms with Gasteiger partial charge in [-0.05, 0) is 23.3 Å². The average Bonchev–Trinajstić information content (AvgIpc) is 3.40. The van der Waals surface area contributed by atoms with Crippen molar-refractivity contribution < 1.29 is 22.7 Å². The van der Waals surface area contributed by atoms with Crippen LogP contribution < -0.4 is 14.8 Å². The van der Waals surface area contributed by atoms with Crippen molar-refractivity contribution in [2.45, 2.75) is 18.0 Å². The number of benzene rings is 2. The first kappa shape index (κ1) is 24.6. The van der Waals surface area contributed by atoms with Crippen molar-refractivity contribution >= 4 is 16.1 Å². The van der Waals surface area contributed by atoms with E-state index in [9.17, 15) is 13.2 Å². The number of aromatic nitrogens is 2. The Kier molecular flexibility index (Phi) is 7.57. The lowest BCUT2D eigenvalue weighted by Gasteiger charge is -2.34. The summed E-state index contributed by atoms with van der Waals surface area (Å²) in [5, 5.41) is 2.94. The summed E-state index contributed by atoms with van der Waals surface area (Å²) < 4.78 is 40.2. The Hall–Kier alpha value is -3.57. The minimum absolute atomic E-state index is 0.0489. The number of ether oxygens (including phenoxy) is 2. The lowest BCUT2D eigenvalue weighted by atomic mass is 10.1. The minimum atomic E-state index is -3.80. The van der Waals surface area contributed by atoms with Crippen LogP contribution in [0.2, 0.25) is 0 Å². The maximum Gasteiger partial charge on any atom is 0.317 e. The number of nitrogens with zero attached hydrogens (tertiary/aromatic N) is 4. The Morgan fingerprint density at radius 1 is 1.03 bits per heavy atom. The van der Waals surface area contributed by atoms with Crippen LogP contribution in [0.5, 0.6) is 11.5 Å². The largest absolute Gasteiger partial charge is 0.497 e. The molecule has 2 amide bonds. The Morgan fingerprint density at radius 2 is 1.80 bits per heavy atom. The van der Waals surface area contributed by atoms with Gasteiger partial charge in [-0.25, -0.2) is 18.2 Å². The van der Waals surface area contributed by atoms with Crippen molar-refractivity contribution in [3.8, 4) is 11.5 Å². The molecule has 0 saturated carbocycles. The summed E-state index contributed by atoms with van der Waals surface area (Å²) in [4.78, 5) is 18.5. The molecule has 1 fully saturated rings. The average molecular weight is 500 g/mol. The molecular weight excluding hydrogens is 470 g/mol. The molecule has 3 aromatic rings. The lowest BCUT2D eigenvalue weighted by Crippen LogP contribution is -2.53. The highest BCUT2D eigenvalue weighted by Crippen LogP contribution is 2.31. The van der Waals surface area contributed by atoms with Crippen molar-refractivity contribution in [2.24, 2.45) is 0 Å². The van der Waals surface area contributed by atoms with E-state index in [-0.39, 0.29) is 42.9 Å². The van der Waals surface area contributed by atoms with Gasteiger partial charge in [0.2, 0.25) is 10.0 Å². The van der Waals surface area contributed by atoms with E-state index in [1.165, 1.54) is 24.6 Å². The second kappa shape index (κ2) is 10.8. The third kappa shape index (κ3) is 5.75. The highest BCUT2D eigenvalue weighted by Gasteiger charge is 2.32. The molecule has 10 nitrogen and oxygen atoms in total. The predicted octanol–water partition coefficient (Wildman–Crippen LogP) is 2.16. The summed E-state index contributed by atoms with van der Waals surface area (Å²) in [5.41, 5.74) is 2.10. The van der Waals surface area contributed by atoms with E-state index in [0.717, 1.165) is 11.1 Å². The molecule has 0 aliphatic carbocycles. The molecule has 1 saturated heterocycles. The van der Waals surface area contributed by atoms with Gasteiger partial charge in [-0.15, -0.1) is 0 Å². The maximum atomic E-state index is 13.2. The van der Waals surface area contributed by atoms with Gasteiger partial charge in [-0.2, -0.15) is 4.31 Å². The van der Waals surface area contributed by atoms with Gasteiger partial charge in [0.25, 0.3) is 0 Å². The number of urea groups is 1. The van der Waals surface area contributed by atoms with Crippen LogP contribution in [0.1, 0.15) is 11.1 Å². The fourth-order valence-electron chi connectivity index (χ4n) is 3.97. The van der Waals surface area contributed by atoms with E-state index < -0.39 is 10.0 Å². The number of methoxy groups -OCH3 is 2.